The lowest BCUT2D eigenvalue weighted by Gasteiger charge is -2.14. The fraction of sp³-hybridized carbons (Fsp3) is 0.462. The number of hydrogen-bond acceptors (Lipinski definition) is 6. The minimum absolute atomic E-state index is 0.154. The SMILES string of the molecule is CSCSC[C@@H](CO)NC(=O)/C=C/c1c(C)[nH]c(=O)[nH]c1=O. The Morgan fingerprint density at radius 3 is 2.73 bits per heavy atom. The minimum Gasteiger partial charge on any atom is -0.394 e. The first-order valence-electron chi connectivity index (χ1n) is 6.47. The summed E-state index contributed by atoms with van der Waals surface area (Å²) in [5.74, 6) is 0.198. The molecule has 4 N–H and O–H groups in total. The van der Waals surface area contributed by atoms with Gasteiger partial charge in [0.2, 0.25) is 5.91 Å². The van der Waals surface area contributed by atoms with Gasteiger partial charge in [0.25, 0.3) is 5.56 Å². The topological polar surface area (TPSA) is 115 Å². The van der Waals surface area contributed by atoms with Gasteiger partial charge >= 0.3 is 5.69 Å². The standard InChI is InChI=1S/C13H19N3O4S2/c1-8-10(12(19)16-13(20)14-8)3-4-11(18)15-9(5-17)6-22-7-21-2/h3-4,9,17H,5-7H2,1-2H3,(H,15,18)(H2,14,16,19,20)/b4-3+/t9-/m1/s1. The lowest BCUT2D eigenvalue weighted by molar-refractivity contribution is -0.117. The summed E-state index contributed by atoms with van der Waals surface area (Å²) in [6.07, 6.45) is 4.52. The largest absolute Gasteiger partial charge is 0.394 e. The van der Waals surface area contributed by atoms with Crippen molar-refractivity contribution in [3.63, 3.8) is 0 Å². The number of thioether (sulfide) groups is 2. The van der Waals surface area contributed by atoms with Gasteiger partial charge in [-0.3, -0.25) is 14.6 Å². The second kappa shape index (κ2) is 9.54. The fourth-order valence-corrected chi connectivity index (χ4v) is 3.16. The second-order valence-corrected chi connectivity index (χ2v) is 6.71. The van der Waals surface area contributed by atoms with E-state index in [1.165, 1.54) is 12.2 Å². The molecule has 0 radical (unpaired) electrons. The average Bonchev–Trinajstić information content (AvgIpc) is 2.45. The molecule has 1 rings (SSSR count). The summed E-state index contributed by atoms with van der Waals surface area (Å²) in [5.41, 5.74) is -0.547. The zero-order chi connectivity index (χ0) is 16.5. The third-order valence-corrected chi connectivity index (χ3v) is 4.91. The molecule has 7 nitrogen and oxygen atoms in total. The van der Waals surface area contributed by atoms with Gasteiger partial charge in [0.05, 0.1) is 18.2 Å². The molecule has 0 aliphatic heterocycles. The number of rotatable bonds is 8. The predicted molar refractivity (Wildman–Crippen MR) is 91.3 cm³/mol. The van der Waals surface area contributed by atoms with Crippen LogP contribution in [0.5, 0.6) is 0 Å². The maximum atomic E-state index is 11.8. The normalized spacial score (nSPS) is 12.5. The molecule has 0 aliphatic rings. The molecule has 9 heteroatoms. The number of carbonyl (C=O) groups excluding carboxylic acids is 1. The number of nitrogens with one attached hydrogen (secondary N) is 3. The highest BCUT2D eigenvalue weighted by Crippen LogP contribution is 2.09. The highest BCUT2D eigenvalue weighted by atomic mass is 32.2. The molecule has 0 aliphatic carbocycles. The Kier molecular flexibility index (Phi) is 8.07. The first-order valence-corrected chi connectivity index (χ1v) is 9.02. The molecule has 0 saturated carbocycles. The summed E-state index contributed by atoms with van der Waals surface area (Å²) in [6.45, 7) is 1.42. The molecule has 0 saturated heterocycles. The molecular formula is C13H19N3O4S2. The van der Waals surface area contributed by atoms with E-state index in [4.69, 9.17) is 0 Å². The monoisotopic (exact) mass is 345 g/mol. The number of hydrogen-bond donors (Lipinski definition) is 4. The Balaban J connectivity index is 2.68. The van der Waals surface area contributed by atoms with Crippen molar-refractivity contribution in [2.45, 2.75) is 13.0 Å². The van der Waals surface area contributed by atoms with Gasteiger partial charge in [0.1, 0.15) is 0 Å². The van der Waals surface area contributed by atoms with E-state index < -0.39 is 17.2 Å². The third kappa shape index (κ3) is 6.12. The first kappa shape index (κ1) is 18.6. The van der Waals surface area contributed by atoms with E-state index in [0.717, 1.165) is 5.08 Å². The van der Waals surface area contributed by atoms with E-state index in [9.17, 15) is 19.5 Å². The Hall–Kier alpha value is -1.45. The molecule has 0 unspecified atom stereocenters. The molecule has 1 aromatic rings. The lowest BCUT2D eigenvalue weighted by atomic mass is 10.2. The van der Waals surface area contributed by atoms with E-state index in [1.807, 2.05) is 6.26 Å². The van der Waals surface area contributed by atoms with Crippen molar-refractivity contribution in [1.82, 2.24) is 15.3 Å². The summed E-state index contributed by atoms with van der Waals surface area (Å²) in [7, 11) is 0. The van der Waals surface area contributed by atoms with Gasteiger partial charge in [-0.2, -0.15) is 11.8 Å². The van der Waals surface area contributed by atoms with Crippen LogP contribution in [-0.4, -0.2) is 50.7 Å². The van der Waals surface area contributed by atoms with Crippen molar-refractivity contribution >= 4 is 35.5 Å². The molecule has 22 heavy (non-hydrogen) atoms. The van der Waals surface area contributed by atoms with Crippen LogP contribution >= 0.6 is 23.5 Å². The second-order valence-electron chi connectivity index (χ2n) is 4.45. The number of aromatic nitrogens is 2. The van der Waals surface area contributed by atoms with E-state index >= 15 is 0 Å². The molecule has 0 bridgehead atoms. The summed E-state index contributed by atoms with van der Waals surface area (Å²) < 4.78 is 0. The van der Waals surface area contributed by atoms with Crippen LogP contribution in [0.15, 0.2) is 15.7 Å². The quantitative estimate of drug-likeness (QED) is 0.297. The molecule has 122 valence electrons. The number of aliphatic hydroxyl groups is 1. The van der Waals surface area contributed by atoms with Gasteiger partial charge in [-0.15, -0.1) is 11.8 Å². The minimum atomic E-state index is -0.588. The number of carbonyl (C=O) groups is 1. The van der Waals surface area contributed by atoms with Crippen LogP contribution in [0.3, 0.4) is 0 Å². The maximum absolute atomic E-state index is 11.8. The molecule has 1 atom stereocenters. The van der Waals surface area contributed by atoms with Gasteiger partial charge in [-0.05, 0) is 19.3 Å². The zero-order valence-corrected chi connectivity index (χ0v) is 14.0. The number of aryl methyl sites for hydroxylation is 1. The van der Waals surface area contributed by atoms with Crippen LogP contribution in [0.4, 0.5) is 0 Å². The van der Waals surface area contributed by atoms with Crippen molar-refractivity contribution < 1.29 is 9.90 Å². The Morgan fingerprint density at radius 1 is 1.41 bits per heavy atom. The van der Waals surface area contributed by atoms with Crippen LogP contribution in [0.25, 0.3) is 6.08 Å². The van der Waals surface area contributed by atoms with E-state index in [-0.39, 0.29) is 18.2 Å². The van der Waals surface area contributed by atoms with Crippen LogP contribution in [0, 0.1) is 6.92 Å². The number of H-pyrrole nitrogens is 2. The Labute approximate surface area is 136 Å². The van der Waals surface area contributed by atoms with Gasteiger partial charge in [-0.25, -0.2) is 4.79 Å². The first-order chi connectivity index (χ1) is 10.5. The number of aromatic amines is 2. The van der Waals surface area contributed by atoms with Crippen LogP contribution in [-0.2, 0) is 4.79 Å². The molecule has 0 fully saturated rings. The summed E-state index contributed by atoms with van der Waals surface area (Å²) in [5, 5.41) is 12.8. The van der Waals surface area contributed by atoms with Crippen LogP contribution in [0.2, 0.25) is 0 Å². The van der Waals surface area contributed by atoms with Crippen molar-refractivity contribution in [2.24, 2.45) is 0 Å². The van der Waals surface area contributed by atoms with E-state index in [2.05, 4.69) is 15.3 Å². The highest BCUT2D eigenvalue weighted by molar-refractivity contribution is 8.15. The molecule has 1 aromatic heterocycles. The molecule has 0 spiro atoms. The Bertz CT molecular complexity index is 639. The summed E-state index contributed by atoms with van der Waals surface area (Å²) in [4.78, 5) is 39.0. The van der Waals surface area contributed by atoms with Crippen molar-refractivity contribution in [1.29, 1.82) is 0 Å². The van der Waals surface area contributed by atoms with E-state index in [0.29, 0.717) is 11.4 Å². The maximum Gasteiger partial charge on any atom is 0.325 e. The zero-order valence-electron chi connectivity index (χ0n) is 12.3. The third-order valence-electron chi connectivity index (χ3n) is 2.67. The summed E-state index contributed by atoms with van der Waals surface area (Å²) >= 11 is 3.29. The average molecular weight is 345 g/mol. The van der Waals surface area contributed by atoms with Gasteiger partial charge in [0.15, 0.2) is 0 Å². The number of amides is 1. The molecular weight excluding hydrogens is 326 g/mol. The van der Waals surface area contributed by atoms with Crippen molar-refractivity contribution in [3.8, 4) is 0 Å². The van der Waals surface area contributed by atoms with Gasteiger partial charge in [0, 0.05) is 22.6 Å². The van der Waals surface area contributed by atoms with E-state index in [1.54, 1.807) is 30.4 Å². The fourth-order valence-electron chi connectivity index (χ4n) is 1.63. The lowest BCUT2D eigenvalue weighted by Crippen LogP contribution is -2.38. The van der Waals surface area contributed by atoms with Crippen molar-refractivity contribution in [3.05, 3.63) is 38.2 Å². The van der Waals surface area contributed by atoms with Gasteiger partial charge < -0.3 is 15.4 Å². The smallest absolute Gasteiger partial charge is 0.325 e. The van der Waals surface area contributed by atoms with Crippen molar-refractivity contribution in [2.75, 3.05) is 23.7 Å². The van der Waals surface area contributed by atoms with Gasteiger partial charge in [-0.1, -0.05) is 0 Å². The summed E-state index contributed by atoms with van der Waals surface area (Å²) in [6, 6.07) is -0.343. The molecule has 1 amide bonds. The Morgan fingerprint density at radius 2 is 2.14 bits per heavy atom. The van der Waals surface area contributed by atoms with Crippen LogP contribution < -0.4 is 16.6 Å². The molecule has 0 aromatic carbocycles. The van der Waals surface area contributed by atoms with Crippen LogP contribution in [0.1, 0.15) is 11.3 Å². The predicted octanol–water partition coefficient (Wildman–Crippen LogP) is -0.0844. The molecule has 1 heterocycles. The highest BCUT2D eigenvalue weighted by Gasteiger charge is 2.10. The number of aliphatic hydroxyl groups excluding tert-OH is 1.